The summed E-state index contributed by atoms with van der Waals surface area (Å²) < 4.78 is 58.5. The third-order valence-corrected chi connectivity index (χ3v) is 4.48. The summed E-state index contributed by atoms with van der Waals surface area (Å²) in [5, 5.41) is 15.9. The van der Waals surface area contributed by atoms with Gasteiger partial charge < -0.3 is 20.5 Å². The summed E-state index contributed by atoms with van der Waals surface area (Å²) >= 11 is 0. The molecule has 3 N–H and O–H groups in total. The number of amides is 1. The summed E-state index contributed by atoms with van der Waals surface area (Å²) in [6, 6.07) is -1.05. The number of aliphatic hydroxyl groups is 1. The van der Waals surface area contributed by atoms with Crippen LogP contribution < -0.4 is 15.4 Å². The Morgan fingerprint density at radius 1 is 1.21 bits per heavy atom. The van der Waals surface area contributed by atoms with Gasteiger partial charge in [0.15, 0.2) is 17.4 Å². The first-order valence-electron chi connectivity index (χ1n) is 8.85. The van der Waals surface area contributed by atoms with Gasteiger partial charge in [0.1, 0.15) is 18.5 Å². The van der Waals surface area contributed by atoms with Crippen LogP contribution in [0.4, 0.5) is 17.6 Å². The maximum Gasteiger partial charge on any atom is 0.223 e. The summed E-state index contributed by atoms with van der Waals surface area (Å²) in [5.74, 6) is -9.10. The Morgan fingerprint density at radius 2 is 1.79 bits per heavy atom. The molecule has 2 atom stereocenters. The maximum absolute atomic E-state index is 13.6. The fourth-order valence-electron chi connectivity index (χ4n) is 2.94. The van der Waals surface area contributed by atoms with Crippen molar-refractivity contribution in [3.63, 3.8) is 0 Å². The number of hydrogen-bond acceptors (Lipinski definition) is 5. The molecule has 2 rings (SSSR count). The molecular weight excluding hydrogens is 384 g/mol. The van der Waals surface area contributed by atoms with E-state index in [-0.39, 0.29) is 30.1 Å². The molecule has 156 valence electrons. The van der Waals surface area contributed by atoms with Crippen LogP contribution in [0.2, 0.25) is 0 Å². The lowest BCUT2D eigenvalue weighted by Gasteiger charge is -2.27. The zero-order chi connectivity index (χ0) is 20.8. The van der Waals surface area contributed by atoms with E-state index in [0.29, 0.717) is 25.9 Å². The topological polar surface area (TPSA) is 87.7 Å². The molecule has 1 unspecified atom stereocenters. The summed E-state index contributed by atoms with van der Waals surface area (Å²) in [6.45, 7) is 1.77. The molecular formula is C18H22F4N2O4. The van der Waals surface area contributed by atoms with Crippen molar-refractivity contribution in [3.8, 4) is 5.75 Å². The average Bonchev–Trinajstić information content (AvgIpc) is 2.66. The summed E-state index contributed by atoms with van der Waals surface area (Å²) in [6.07, 6.45) is -0.613. The molecule has 0 bridgehead atoms. The van der Waals surface area contributed by atoms with E-state index in [2.05, 4.69) is 10.6 Å². The molecule has 1 aliphatic heterocycles. The minimum Gasteiger partial charge on any atom is -0.485 e. The number of hydrogen-bond donors (Lipinski definition) is 3. The number of benzene rings is 1. The number of piperidine rings is 1. The second kappa shape index (κ2) is 9.83. The Balaban J connectivity index is 2.05. The van der Waals surface area contributed by atoms with Crippen molar-refractivity contribution >= 4 is 11.7 Å². The van der Waals surface area contributed by atoms with Crippen LogP contribution in [-0.4, -0.2) is 48.6 Å². The van der Waals surface area contributed by atoms with E-state index >= 15 is 0 Å². The van der Waals surface area contributed by atoms with Gasteiger partial charge >= 0.3 is 0 Å². The molecule has 0 saturated carbocycles. The number of carbonyl (C=O) groups excluding carboxylic acids is 2. The normalized spacial score (nSPS) is 17.1. The van der Waals surface area contributed by atoms with Crippen LogP contribution in [0, 0.1) is 29.2 Å². The largest absolute Gasteiger partial charge is 0.485 e. The molecule has 6 nitrogen and oxygen atoms in total. The van der Waals surface area contributed by atoms with Crippen LogP contribution in [0.15, 0.2) is 6.07 Å². The van der Waals surface area contributed by atoms with Crippen LogP contribution in [0.1, 0.15) is 26.2 Å². The summed E-state index contributed by atoms with van der Waals surface area (Å²) in [4.78, 5) is 23.8. The van der Waals surface area contributed by atoms with E-state index in [1.165, 1.54) is 6.92 Å². The number of nitrogens with one attached hydrogen (secondary N) is 2. The maximum atomic E-state index is 13.6. The molecule has 0 radical (unpaired) electrons. The van der Waals surface area contributed by atoms with Gasteiger partial charge in [-0.15, -0.1) is 0 Å². The molecule has 1 heterocycles. The van der Waals surface area contributed by atoms with E-state index < -0.39 is 47.8 Å². The number of aliphatic hydroxyl groups excluding tert-OH is 1. The number of ketones is 1. The molecule has 0 aliphatic carbocycles. The molecule has 28 heavy (non-hydrogen) atoms. The minimum absolute atomic E-state index is 0.0335. The van der Waals surface area contributed by atoms with Gasteiger partial charge in [-0.1, -0.05) is 0 Å². The van der Waals surface area contributed by atoms with E-state index in [0.717, 1.165) is 0 Å². The highest BCUT2D eigenvalue weighted by atomic mass is 19.2. The van der Waals surface area contributed by atoms with Crippen LogP contribution in [0.5, 0.6) is 5.75 Å². The number of halogens is 4. The lowest BCUT2D eigenvalue weighted by Crippen LogP contribution is -2.50. The van der Waals surface area contributed by atoms with Crippen molar-refractivity contribution in [2.24, 2.45) is 5.92 Å². The highest BCUT2D eigenvalue weighted by molar-refractivity contribution is 5.81. The molecule has 10 heteroatoms. The highest BCUT2D eigenvalue weighted by Gasteiger charge is 2.29. The van der Waals surface area contributed by atoms with Crippen LogP contribution in [-0.2, 0) is 9.59 Å². The van der Waals surface area contributed by atoms with E-state index in [9.17, 15) is 32.3 Å². The Labute approximate surface area is 159 Å². The van der Waals surface area contributed by atoms with Gasteiger partial charge in [0.05, 0.1) is 6.04 Å². The Hall–Kier alpha value is -2.20. The number of rotatable bonds is 8. The van der Waals surface area contributed by atoms with E-state index in [1.54, 1.807) is 0 Å². The van der Waals surface area contributed by atoms with Gasteiger partial charge in [-0.25, -0.2) is 8.78 Å². The van der Waals surface area contributed by atoms with Gasteiger partial charge in [-0.05, 0) is 32.9 Å². The fraction of sp³-hybridized carbons (Fsp3) is 0.556. The predicted octanol–water partition coefficient (Wildman–Crippen LogP) is 1.45. The standard InChI is InChI=1S/C18H22F4N2O4/c1-9(25)6-13(24-18(27)10-2-4-23-5-3-10)14(26)8-28-17-15(21)11(19)7-12(20)16(17)22/h7,10,13-14,23,26H,2-6,8H2,1H3,(H,24,27)/t13-,14?/m0/s1. The van der Waals surface area contributed by atoms with Gasteiger partial charge in [0.25, 0.3) is 0 Å². The molecule has 0 aromatic heterocycles. The number of Topliss-reactive ketones (excluding diaryl/α,β-unsaturated/α-hetero) is 1. The smallest absolute Gasteiger partial charge is 0.223 e. The predicted molar refractivity (Wildman–Crippen MR) is 90.6 cm³/mol. The molecule has 0 spiro atoms. The molecule has 1 aromatic carbocycles. The Morgan fingerprint density at radius 3 is 2.32 bits per heavy atom. The number of carbonyl (C=O) groups is 2. The monoisotopic (exact) mass is 406 g/mol. The molecule has 1 saturated heterocycles. The van der Waals surface area contributed by atoms with E-state index in [4.69, 9.17) is 4.74 Å². The Bertz CT molecular complexity index is 700. The SMILES string of the molecule is CC(=O)C[C@H](NC(=O)C1CCNCC1)C(O)COc1c(F)c(F)cc(F)c1F. The lowest BCUT2D eigenvalue weighted by molar-refractivity contribution is -0.128. The van der Waals surface area contributed by atoms with Crippen LogP contribution in [0.25, 0.3) is 0 Å². The molecule has 1 amide bonds. The first-order chi connectivity index (χ1) is 13.2. The van der Waals surface area contributed by atoms with Crippen molar-refractivity contribution in [2.45, 2.75) is 38.3 Å². The van der Waals surface area contributed by atoms with Crippen molar-refractivity contribution in [1.29, 1.82) is 0 Å². The van der Waals surface area contributed by atoms with Gasteiger partial charge in [0, 0.05) is 18.4 Å². The summed E-state index contributed by atoms with van der Waals surface area (Å²) in [5.41, 5.74) is 0. The molecule has 1 aliphatic rings. The second-order valence-corrected chi connectivity index (χ2v) is 6.72. The third-order valence-electron chi connectivity index (χ3n) is 4.48. The Kier molecular flexibility index (Phi) is 7.76. The third kappa shape index (κ3) is 5.65. The van der Waals surface area contributed by atoms with Gasteiger partial charge in [-0.2, -0.15) is 8.78 Å². The minimum atomic E-state index is -1.74. The highest BCUT2D eigenvalue weighted by Crippen LogP contribution is 2.26. The first kappa shape index (κ1) is 22.1. The van der Waals surface area contributed by atoms with Gasteiger partial charge in [-0.3, -0.25) is 9.59 Å². The van der Waals surface area contributed by atoms with Crippen molar-refractivity contribution < 1.29 is 37.0 Å². The molecule has 1 aromatic rings. The van der Waals surface area contributed by atoms with E-state index in [1.807, 2.05) is 0 Å². The van der Waals surface area contributed by atoms with Gasteiger partial charge in [0.2, 0.25) is 17.5 Å². The number of ether oxygens (including phenoxy) is 1. The average molecular weight is 406 g/mol. The van der Waals surface area contributed by atoms with Crippen molar-refractivity contribution in [2.75, 3.05) is 19.7 Å². The quantitative estimate of drug-likeness (QED) is 0.449. The van der Waals surface area contributed by atoms with Crippen LogP contribution >= 0.6 is 0 Å². The molecule has 1 fully saturated rings. The van der Waals surface area contributed by atoms with Crippen molar-refractivity contribution in [1.82, 2.24) is 10.6 Å². The first-order valence-corrected chi connectivity index (χ1v) is 8.85. The zero-order valence-electron chi connectivity index (χ0n) is 15.2. The lowest BCUT2D eigenvalue weighted by atomic mass is 9.96. The van der Waals surface area contributed by atoms with Crippen LogP contribution in [0.3, 0.4) is 0 Å². The fourth-order valence-corrected chi connectivity index (χ4v) is 2.94. The second-order valence-electron chi connectivity index (χ2n) is 6.72. The van der Waals surface area contributed by atoms with Crippen molar-refractivity contribution in [3.05, 3.63) is 29.3 Å². The summed E-state index contributed by atoms with van der Waals surface area (Å²) in [7, 11) is 0. The zero-order valence-corrected chi connectivity index (χ0v) is 15.2.